The third kappa shape index (κ3) is 4.25. The van der Waals surface area contributed by atoms with Crippen LogP contribution in [0.25, 0.3) is 0 Å². The summed E-state index contributed by atoms with van der Waals surface area (Å²) in [7, 11) is 3.27. The molecule has 2 unspecified atom stereocenters. The van der Waals surface area contributed by atoms with Crippen LogP contribution in [0.1, 0.15) is 50.3 Å². The number of carbonyl (C=O) groups is 1. The summed E-state index contributed by atoms with van der Waals surface area (Å²) in [5.41, 5.74) is 3.08. The Kier molecular flexibility index (Phi) is 7.23. The smallest absolute Gasteiger partial charge is 0.161 e. The third-order valence-electron chi connectivity index (χ3n) is 5.00. The molecule has 1 aliphatic rings. The lowest BCUT2D eigenvalue weighted by Crippen LogP contribution is -2.42. The lowest BCUT2D eigenvalue weighted by atomic mass is 9.88. The summed E-state index contributed by atoms with van der Waals surface area (Å²) >= 11 is 0. The van der Waals surface area contributed by atoms with Crippen molar-refractivity contribution in [1.82, 2.24) is 4.90 Å². The Hall–Kier alpha value is -2.32. The van der Waals surface area contributed by atoms with E-state index in [1.807, 2.05) is 25.1 Å². The minimum atomic E-state index is -0.129. The first-order valence-electron chi connectivity index (χ1n) is 9.11. The molecular weight excluding hydrogens is 328 g/mol. The number of nitrogens with zero attached hydrogens (tertiary/aromatic N) is 2. The van der Waals surface area contributed by atoms with Gasteiger partial charge in [-0.05, 0) is 55.0 Å². The Labute approximate surface area is 156 Å². The van der Waals surface area contributed by atoms with Gasteiger partial charge in [0.25, 0.3) is 0 Å². The highest BCUT2D eigenvalue weighted by Gasteiger charge is 2.32. The number of methoxy groups -OCH3 is 2. The molecule has 0 radical (unpaired) electrons. The number of hydrogen-bond acceptors (Lipinski definition) is 5. The molecule has 0 N–H and O–H groups in total. The van der Waals surface area contributed by atoms with Gasteiger partial charge in [-0.25, -0.2) is 0 Å². The Morgan fingerprint density at radius 2 is 2.08 bits per heavy atom. The van der Waals surface area contributed by atoms with Crippen molar-refractivity contribution < 1.29 is 14.3 Å². The molecule has 1 aromatic rings. The van der Waals surface area contributed by atoms with Crippen molar-refractivity contribution in [3.63, 3.8) is 0 Å². The predicted octanol–water partition coefficient (Wildman–Crippen LogP) is 3.83. The van der Waals surface area contributed by atoms with Crippen LogP contribution in [-0.4, -0.2) is 38.0 Å². The van der Waals surface area contributed by atoms with E-state index in [1.54, 1.807) is 14.2 Å². The van der Waals surface area contributed by atoms with E-state index in [0.29, 0.717) is 17.7 Å². The van der Waals surface area contributed by atoms with Crippen LogP contribution in [-0.2, 0) is 11.2 Å². The molecule has 0 spiro atoms. The predicted molar refractivity (Wildman–Crippen MR) is 101 cm³/mol. The van der Waals surface area contributed by atoms with E-state index in [9.17, 15) is 10.1 Å². The molecule has 1 aromatic carbocycles. The fourth-order valence-corrected chi connectivity index (χ4v) is 3.61. The summed E-state index contributed by atoms with van der Waals surface area (Å²) in [6.45, 7) is 4.73. The maximum atomic E-state index is 11.0. The van der Waals surface area contributed by atoms with Gasteiger partial charge in [0.1, 0.15) is 6.29 Å². The molecule has 5 nitrogen and oxygen atoms in total. The summed E-state index contributed by atoms with van der Waals surface area (Å²) in [6.07, 6.45) is 6.18. The van der Waals surface area contributed by atoms with Gasteiger partial charge in [-0.1, -0.05) is 19.4 Å². The van der Waals surface area contributed by atoms with Crippen molar-refractivity contribution in [3.8, 4) is 17.6 Å². The van der Waals surface area contributed by atoms with Gasteiger partial charge in [0.05, 0.1) is 26.3 Å². The van der Waals surface area contributed by atoms with Crippen molar-refractivity contribution in [2.75, 3.05) is 20.8 Å². The Morgan fingerprint density at radius 1 is 1.38 bits per heavy atom. The highest BCUT2D eigenvalue weighted by atomic mass is 16.5. The highest BCUT2D eigenvalue weighted by molar-refractivity contribution is 5.72. The first kappa shape index (κ1) is 20.0. The summed E-state index contributed by atoms with van der Waals surface area (Å²) in [5.74, 6) is 1.42. The molecule has 2 rings (SSSR count). The molecule has 0 saturated carbocycles. The molecule has 0 amide bonds. The maximum absolute atomic E-state index is 11.0. The van der Waals surface area contributed by atoms with Gasteiger partial charge >= 0.3 is 0 Å². The van der Waals surface area contributed by atoms with Crippen LogP contribution in [0.5, 0.6) is 11.5 Å². The fraction of sp³-hybridized carbons (Fsp3) is 0.524. The fourth-order valence-electron chi connectivity index (χ4n) is 3.61. The van der Waals surface area contributed by atoms with E-state index in [0.717, 1.165) is 43.4 Å². The van der Waals surface area contributed by atoms with Crippen LogP contribution in [0.3, 0.4) is 0 Å². The average Bonchev–Trinajstić information content (AvgIpc) is 2.68. The average molecular weight is 356 g/mol. The second-order valence-electron chi connectivity index (χ2n) is 6.64. The zero-order chi connectivity index (χ0) is 19.1. The number of allylic oxidation sites excluding steroid dienone is 1. The van der Waals surface area contributed by atoms with Crippen LogP contribution in [0.15, 0.2) is 23.8 Å². The van der Waals surface area contributed by atoms with Crippen LogP contribution in [0.2, 0.25) is 0 Å². The molecule has 0 fully saturated rings. The quantitative estimate of drug-likeness (QED) is 0.523. The zero-order valence-corrected chi connectivity index (χ0v) is 16.1. The number of benzene rings is 1. The molecule has 0 aliphatic carbocycles. The molecule has 2 atom stereocenters. The van der Waals surface area contributed by atoms with E-state index in [4.69, 9.17) is 9.47 Å². The van der Waals surface area contributed by atoms with Gasteiger partial charge in [0, 0.05) is 12.6 Å². The van der Waals surface area contributed by atoms with Gasteiger partial charge in [-0.3, -0.25) is 9.69 Å². The first-order valence-corrected chi connectivity index (χ1v) is 9.11. The SMILES string of the molecule is CCCC(C#N)N1CCc2cc(OC)c(OC)cc2C1C/C=C(\C)C=O. The van der Waals surface area contributed by atoms with Gasteiger partial charge < -0.3 is 9.47 Å². The van der Waals surface area contributed by atoms with E-state index in [-0.39, 0.29) is 12.1 Å². The number of aldehydes is 1. The molecule has 140 valence electrons. The summed E-state index contributed by atoms with van der Waals surface area (Å²) in [6, 6.07) is 6.44. The highest BCUT2D eigenvalue weighted by Crippen LogP contribution is 2.40. The minimum absolute atomic E-state index is 0.0460. The minimum Gasteiger partial charge on any atom is -0.493 e. The van der Waals surface area contributed by atoms with Crippen molar-refractivity contribution in [2.45, 2.75) is 51.6 Å². The largest absolute Gasteiger partial charge is 0.493 e. The zero-order valence-electron chi connectivity index (χ0n) is 16.1. The Bertz CT molecular complexity index is 706. The lowest BCUT2D eigenvalue weighted by molar-refractivity contribution is -0.104. The molecule has 5 heteroatoms. The van der Waals surface area contributed by atoms with Crippen molar-refractivity contribution >= 4 is 6.29 Å². The van der Waals surface area contributed by atoms with Gasteiger partial charge in [0.15, 0.2) is 11.5 Å². The molecule has 1 aliphatic heterocycles. The standard InChI is InChI=1S/C21H28N2O3/c1-5-6-17(13-22)23-10-9-16-11-20(25-3)21(26-4)12-18(16)19(23)8-7-15(2)14-24/h7,11-12,14,17,19H,5-6,8-10H2,1-4H3/b15-7+. The Morgan fingerprint density at radius 3 is 2.65 bits per heavy atom. The van der Waals surface area contributed by atoms with E-state index in [2.05, 4.69) is 17.9 Å². The van der Waals surface area contributed by atoms with Crippen LogP contribution in [0, 0.1) is 11.3 Å². The van der Waals surface area contributed by atoms with Crippen LogP contribution < -0.4 is 9.47 Å². The second kappa shape index (κ2) is 9.40. The molecule has 0 bridgehead atoms. The summed E-state index contributed by atoms with van der Waals surface area (Å²) < 4.78 is 10.9. The molecule has 0 aromatic heterocycles. The number of rotatable bonds is 8. The summed E-state index contributed by atoms with van der Waals surface area (Å²) in [4.78, 5) is 13.3. The van der Waals surface area contributed by atoms with Crippen LogP contribution in [0.4, 0.5) is 0 Å². The van der Waals surface area contributed by atoms with Gasteiger partial charge in [-0.2, -0.15) is 5.26 Å². The van der Waals surface area contributed by atoms with Gasteiger partial charge in [0.2, 0.25) is 0 Å². The molecule has 0 saturated heterocycles. The third-order valence-corrected chi connectivity index (χ3v) is 5.00. The Balaban J connectivity index is 2.49. The number of nitriles is 1. The normalized spacial score (nSPS) is 18.6. The molecule has 26 heavy (non-hydrogen) atoms. The number of carbonyl (C=O) groups excluding carboxylic acids is 1. The first-order chi connectivity index (χ1) is 12.6. The van der Waals surface area contributed by atoms with E-state index < -0.39 is 0 Å². The lowest BCUT2D eigenvalue weighted by Gasteiger charge is -2.40. The number of fused-ring (bicyclic) bond motifs is 1. The summed E-state index contributed by atoms with van der Waals surface area (Å²) in [5, 5.41) is 9.67. The topological polar surface area (TPSA) is 62.6 Å². The second-order valence-corrected chi connectivity index (χ2v) is 6.64. The van der Waals surface area contributed by atoms with Crippen molar-refractivity contribution in [1.29, 1.82) is 5.26 Å². The maximum Gasteiger partial charge on any atom is 0.161 e. The number of hydrogen-bond donors (Lipinski definition) is 0. The van der Waals surface area contributed by atoms with Crippen LogP contribution >= 0.6 is 0 Å². The van der Waals surface area contributed by atoms with E-state index >= 15 is 0 Å². The monoisotopic (exact) mass is 356 g/mol. The van der Waals surface area contributed by atoms with Crippen molar-refractivity contribution in [2.24, 2.45) is 0 Å². The number of ether oxygens (including phenoxy) is 2. The van der Waals surface area contributed by atoms with Gasteiger partial charge in [-0.15, -0.1) is 0 Å². The molecule has 1 heterocycles. The van der Waals surface area contributed by atoms with E-state index in [1.165, 1.54) is 5.56 Å². The molecular formula is C21H28N2O3. The van der Waals surface area contributed by atoms with Crippen molar-refractivity contribution in [3.05, 3.63) is 34.9 Å².